The van der Waals surface area contributed by atoms with Crippen LogP contribution in [0.25, 0.3) is 11.3 Å². The number of alkyl halides is 7. The maximum Gasteiger partial charge on any atom is 0.460 e. The van der Waals surface area contributed by atoms with Crippen LogP contribution >= 0.6 is 11.8 Å². The minimum atomic E-state index is -6.37. The summed E-state index contributed by atoms with van der Waals surface area (Å²) in [4.78, 5) is -0.420. The molecule has 1 heterocycles. The van der Waals surface area contributed by atoms with Crippen molar-refractivity contribution in [1.82, 2.24) is 0 Å². The van der Waals surface area contributed by atoms with E-state index in [1.807, 2.05) is 0 Å². The van der Waals surface area contributed by atoms with Crippen molar-refractivity contribution in [2.45, 2.75) is 36.1 Å². The minimum Gasteiger partial charge on any atom is -0.464 e. The number of benzene rings is 1. The van der Waals surface area contributed by atoms with E-state index >= 15 is 0 Å². The molecule has 0 aliphatic heterocycles. The van der Waals surface area contributed by atoms with Gasteiger partial charge in [0.05, 0.1) is 6.26 Å². The van der Waals surface area contributed by atoms with Crippen LogP contribution in [0.5, 0.6) is 0 Å². The maximum atomic E-state index is 13.7. The Morgan fingerprint density at radius 3 is 2.08 bits per heavy atom. The first-order chi connectivity index (χ1) is 10.9. The second kappa shape index (κ2) is 6.02. The van der Waals surface area contributed by atoms with E-state index in [4.69, 9.17) is 4.42 Å². The van der Waals surface area contributed by atoms with Crippen LogP contribution in [-0.2, 0) is 0 Å². The molecule has 0 atom stereocenters. The summed E-state index contributed by atoms with van der Waals surface area (Å²) in [6.07, 6.45) is -5.13. The highest BCUT2D eigenvalue weighted by molar-refractivity contribution is 8.00. The highest BCUT2D eigenvalue weighted by Gasteiger charge is 2.73. The average molecular weight is 372 g/mol. The van der Waals surface area contributed by atoms with Crippen molar-refractivity contribution in [3.05, 3.63) is 41.7 Å². The van der Waals surface area contributed by atoms with Gasteiger partial charge < -0.3 is 4.42 Å². The Morgan fingerprint density at radius 1 is 0.958 bits per heavy atom. The van der Waals surface area contributed by atoms with E-state index in [2.05, 4.69) is 0 Å². The summed E-state index contributed by atoms with van der Waals surface area (Å²) in [7, 11) is 0. The molecule has 24 heavy (non-hydrogen) atoms. The van der Waals surface area contributed by atoms with Crippen molar-refractivity contribution in [2.75, 3.05) is 0 Å². The monoisotopic (exact) mass is 372 g/mol. The molecule has 0 N–H and O–H groups in total. The zero-order valence-corrected chi connectivity index (χ0v) is 13.2. The van der Waals surface area contributed by atoms with Crippen LogP contribution in [-0.4, -0.2) is 17.4 Å². The maximum absolute atomic E-state index is 13.7. The minimum absolute atomic E-state index is 0.0493. The van der Waals surface area contributed by atoms with Gasteiger partial charge in [0.2, 0.25) is 0 Å². The van der Waals surface area contributed by atoms with Gasteiger partial charge in [-0.25, -0.2) is 0 Å². The molecule has 0 radical (unpaired) electrons. The Morgan fingerprint density at radius 2 is 1.58 bits per heavy atom. The fourth-order valence-electron chi connectivity index (χ4n) is 2.11. The Labute approximate surface area is 136 Å². The molecule has 0 saturated carbocycles. The van der Waals surface area contributed by atoms with E-state index in [-0.39, 0.29) is 11.3 Å². The summed E-state index contributed by atoms with van der Waals surface area (Å²) >= 11 is -0.830. The number of hydrogen-bond donors (Lipinski definition) is 0. The molecule has 2 rings (SSSR count). The predicted molar refractivity (Wildman–Crippen MR) is 75.4 cm³/mol. The zero-order chi connectivity index (χ0) is 18.3. The third-order valence-electron chi connectivity index (χ3n) is 3.17. The molecule has 132 valence electrons. The molecule has 1 aromatic heterocycles. The number of hydrogen-bond acceptors (Lipinski definition) is 2. The largest absolute Gasteiger partial charge is 0.464 e. The van der Waals surface area contributed by atoms with E-state index in [0.717, 1.165) is 6.07 Å². The molecule has 1 aromatic carbocycles. The molecule has 0 spiro atoms. The Kier molecular flexibility index (Phi) is 4.69. The fourth-order valence-corrected chi connectivity index (χ4v) is 3.24. The normalized spacial score (nSPS) is 13.4. The van der Waals surface area contributed by atoms with Crippen LogP contribution in [0, 0.1) is 13.8 Å². The Bertz CT molecular complexity index is 720. The third-order valence-corrected chi connectivity index (χ3v) is 4.23. The molecule has 0 aliphatic carbocycles. The lowest BCUT2D eigenvalue weighted by molar-refractivity contribution is -0.330. The Balaban J connectivity index is 2.54. The van der Waals surface area contributed by atoms with Crippen LogP contribution in [0.2, 0.25) is 0 Å². The van der Waals surface area contributed by atoms with E-state index in [1.165, 1.54) is 32.2 Å². The summed E-state index contributed by atoms with van der Waals surface area (Å²) in [6.45, 7) is 3.04. The lowest BCUT2D eigenvalue weighted by atomic mass is 10.0. The lowest BCUT2D eigenvalue weighted by Crippen LogP contribution is -2.49. The molecule has 0 fully saturated rings. The van der Waals surface area contributed by atoms with Crippen LogP contribution < -0.4 is 0 Å². The summed E-state index contributed by atoms with van der Waals surface area (Å²) < 4.78 is 95.7. The summed E-state index contributed by atoms with van der Waals surface area (Å²) in [5.74, 6) is -6.08. The first-order valence-corrected chi connectivity index (χ1v) is 7.35. The molecule has 9 heteroatoms. The van der Waals surface area contributed by atoms with Gasteiger partial charge in [0, 0.05) is 10.5 Å². The number of rotatable bonds is 4. The molecular weight excluding hydrogens is 361 g/mol. The van der Waals surface area contributed by atoms with Crippen LogP contribution in [0.4, 0.5) is 30.7 Å². The highest BCUT2D eigenvalue weighted by atomic mass is 32.2. The smallest absolute Gasteiger partial charge is 0.460 e. The lowest BCUT2D eigenvalue weighted by Gasteiger charge is -2.28. The van der Waals surface area contributed by atoms with Gasteiger partial charge in [-0.2, -0.15) is 30.7 Å². The number of furan rings is 1. The van der Waals surface area contributed by atoms with Crippen LogP contribution in [0.15, 0.2) is 39.8 Å². The van der Waals surface area contributed by atoms with Gasteiger partial charge in [-0.15, -0.1) is 0 Å². The topological polar surface area (TPSA) is 13.1 Å². The molecule has 0 bridgehead atoms. The standard InChI is InChI=1S/C15H11F7OS/c1-8-6-9(2)12(10-4-3-5-23-10)11(7-8)24-15(21,22)13(16,17)14(18,19)20/h3-7H,1-2H3. The molecule has 0 saturated heterocycles. The van der Waals surface area contributed by atoms with E-state index < -0.39 is 34.0 Å². The molecule has 2 aromatic rings. The van der Waals surface area contributed by atoms with Gasteiger partial charge in [-0.3, -0.25) is 0 Å². The molecule has 0 aliphatic rings. The van der Waals surface area contributed by atoms with Crippen molar-refractivity contribution < 1.29 is 35.2 Å². The van der Waals surface area contributed by atoms with Crippen molar-refractivity contribution in [3.8, 4) is 11.3 Å². The van der Waals surface area contributed by atoms with Crippen molar-refractivity contribution >= 4 is 11.8 Å². The van der Waals surface area contributed by atoms with E-state index in [9.17, 15) is 30.7 Å². The highest BCUT2D eigenvalue weighted by Crippen LogP contribution is 2.55. The number of aryl methyl sites for hydroxylation is 2. The molecular formula is C15H11F7OS. The van der Waals surface area contributed by atoms with Gasteiger partial charge >= 0.3 is 17.4 Å². The SMILES string of the molecule is Cc1cc(C)c(-c2ccco2)c(SC(F)(F)C(F)(F)C(F)(F)F)c1. The average Bonchev–Trinajstić information content (AvgIpc) is 2.89. The molecule has 1 nitrogen and oxygen atoms in total. The summed E-state index contributed by atoms with van der Waals surface area (Å²) in [5, 5.41) is -5.38. The second-order valence-electron chi connectivity index (χ2n) is 5.12. The van der Waals surface area contributed by atoms with Gasteiger partial charge in [0.25, 0.3) is 0 Å². The Hall–Kier alpha value is -1.64. The van der Waals surface area contributed by atoms with Crippen LogP contribution in [0.3, 0.4) is 0 Å². The van der Waals surface area contributed by atoms with Crippen LogP contribution in [0.1, 0.15) is 11.1 Å². The number of halogens is 7. The van der Waals surface area contributed by atoms with Gasteiger partial charge in [-0.05, 0) is 54.9 Å². The fraction of sp³-hybridized carbons (Fsp3) is 0.333. The van der Waals surface area contributed by atoms with E-state index in [1.54, 1.807) is 6.07 Å². The van der Waals surface area contributed by atoms with Gasteiger partial charge in [0.15, 0.2) is 0 Å². The second-order valence-corrected chi connectivity index (χ2v) is 6.28. The van der Waals surface area contributed by atoms with Crippen molar-refractivity contribution in [3.63, 3.8) is 0 Å². The predicted octanol–water partition coefficient (Wildman–Crippen LogP) is 6.45. The summed E-state index contributed by atoms with van der Waals surface area (Å²) in [5.41, 5.74) is 0.906. The number of thioether (sulfide) groups is 1. The zero-order valence-electron chi connectivity index (χ0n) is 12.3. The quantitative estimate of drug-likeness (QED) is 0.452. The first-order valence-electron chi connectivity index (χ1n) is 6.53. The summed E-state index contributed by atoms with van der Waals surface area (Å²) in [6, 6.07) is 5.56. The van der Waals surface area contributed by atoms with Crippen molar-refractivity contribution in [1.29, 1.82) is 0 Å². The molecule has 0 unspecified atom stereocenters. The molecule has 0 amide bonds. The first kappa shape index (κ1) is 18.7. The third kappa shape index (κ3) is 3.26. The van der Waals surface area contributed by atoms with E-state index in [0.29, 0.717) is 11.1 Å². The van der Waals surface area contributed by atoms with Gasteiger partial charge in [0.1, 0.15) is 5.76 Å². The van der Waals surface area contributed by atoms with Crippen molar-refractivity contribution in [2.24, 2.45) is 0 Å². The van der Waals surface area contributed by atoms with Gasteiger partial charge in [-0.1, -0.05) is 6.07 Å².